The van der Waals surface area contributed by atoms with E-state index in [1.807, 2.05) is 17.5 Å². The predicted octanol–water partition coefficient (Wildman–Crippen LogP) is 5.55. The lowest BCUT2D eigenvalue weighted by Gasteiger charge is -1.97. The molecule has 0 bridgehead atoms. The lowest BCUT2D eigenvalue weighted by molar-refractivity contribution is 1.36. The van der Waals surface area contributed by atoms with Crippen molar-refractivity contribution in [2.45, 2.75) is 13.8 Å². The van der Waals surface area contributed by atoms with Gasteiger partial charge in [-0.2, -0.15) is 5.26 Å². The van der Waals surface area contributed by atoms with Crippen molar-refractivity contribution in [2.75, 3.05) is 0 Å². The number of thiophene rings is 1. The highest BCUT2D eigenvalue weighted by Crippen LogP contribution is 2.28. The zero-order chi connectivity index (χ0) is 15.5. The monoisotopic (exact) mass is 322 g/mol. The summed E-state index contributed by atoms with van der Waals surface area (Å²) in [6.07, 6.45) is 1.91. The summed E-state index contributed by atoms with van der Waals surface area (Å²) < 4.78 is 0. The largest absolute Gasteiger partial charge is 0.235 e. The number of nitriles is 1. The number of hydrogen-bond donors (Lipinski definition) is 0. The van der Waals surface area contributed by atoms with Crippen LogP contribution in [0, 0.1) is 25.2 Å². The molecule has 0 atom stereocenters. The Labute approximate surface area is 138 Å². The molecule has 1 aromatic carbocycles. The van der Waals surface area contributed by atoms with Crippen molar-refractivity contribution in [3.05, 3.63) is 62.1 Å². The quantitative estimate of drug-likeness (QED) is 0.592. The molecule has 2 nitrogen and oxygen atoms in total. The molecule has 0 saturated heterocycles. The molecule has 22 heavy (non-hydrogen) atoms. The van der Waals surface area contributed by atoms with Crippen LogP contribution in [0.2, 0.25) is 0 Å². The average molecular weight is 322 g/mol. The molecule has 2 aromatic heterocycles. The highest BCUT2D eigenvalue weighted by atomic mass is 32.1. The first kappa shape index (κ1) is 14.7. The van der Waals surface area contributed by atoms with Crippen LogP contribution >= 0.6 is 22.7 Å². The summed E-state index contributed by atoms with van der Waals surface area (Å²) in [5.74, 6) is 0. The molecule has 4 heteroatoms. The van der Waals surface area contributed by atoms with Crippen LogP contribution in [0.25, 0.3) is 22.9 Å². The Bertz CT molecular complexity index is 861. The lowest BCUT2D eigenvalue weighted by atomic mass is 10.1. The summed E-state index contributed by atoms with van der Waals surface area (Å²) in [5.41, 5.74) is 3.84. The lowest BCUT2D eigenvalue weighted by Crippen LogP contribution is -1.82. The van der Waals surface area contributed by atoms with Gasteiger partial charge in [-0.15, -0.1) is 22.7 Å². The first-order valence-corrected chi connectivity index (χ1v) is 8.56. The van der Waals surface area contributed by atoms with Crippen LogP contribution in [0.4, 0.5) is 0 Å². The third kappa shape index (κ3) is 3.16. The average Bonchev–Trinajstić information content (AvgIpc) is 3.15. The molecule has 0 fully saturated rings. The molecular weight excluding hydrogens is 308 g/mol. The van der Waals surface area contributed by atoms with E-state index in [0.29, 0.717) is 5.57 Å². The number of allylic oxidation sites excluding steroid dienone is 1. The van der Waals surface area contributed by atoms with Gasteiger partial charge in [-0.25, -0.2) is 4.98 Å². The number of hydrogen-bond acceptors (Lipinski definition) is 4. The number of nitrogens with zero attached hydrogens (tertiary/aromatic N) is 2. The number of rotatable bonds is 3. The first-order valence-electron chi connectivity index (χ1n) is 6.87. The van der Waals surface area contributed by atoms with E-state index in [9.17, 15) is 5.26 Å². The third-order valence-electron chi connectivity index (χ3n) is 3.25. The van der Waals surface area contributed by atoms with E-state index < -0.39 is 0 Å². The second kappa shape index (κ2) is 6.27. The van der Waals surface area contributed by atoms with Gasteiger partial charge in [-0.1, -0.05) is 29.8 Å². The summed E-state index contributed by atoms with van der Waals surface area (Å²) in [7, 11) is 0. The molecule has 3 rings (SSSR count). The van der Waals surface area contributed by atoms with Crippen molar-refractivity contribution in [2.24, 2.45) is 0 Å². The maximum absolute atomic E-state index is 9.42. The Morgan fingerprint density at radius 2 is 1.91 bits per heavy atom. The Morgan fingerprint density at radius 3 is 2.55 bits per heavy atom. The van der Waals surface area contributed by atoms with Crippen molar-refractivity contribution < 1.29 is 0 Å². The zero-order valence-electron chi connectivity index (χ0n) is 12.3. The van der Waals surface area contributed by atoms with Gasteiger partial charge in [0, 0.05) is 20.7 Å². The fourth-order valence-electron chi connectivity index (χ4n) is 2.07. The van der Waals surface area contributed by atoms with E-state index in [-0.39, 0.29) is 0 Å². The van der Waals surface area contributed by atoms with E-state index in [2.05, 4.69) is 55.2 Å². The van der Waals surface area contributed by atoms with Gasteiger partial charge < -0.3 is 0 Å². The summed E-state index contributed by atoms with van der Waals surface area (Å²) in [4.78, 5) is 6.94. The van der Waals surface area contributed by atoms with Crippen molar-refractivity contribution in [1.82, 2.24) is 4.98 Å². The van der Waals surface area contributed by atoms with Gasteiger partial charge in [0.05, 0.1) is 11.3 Å². The summed E-state index contributed by atoms with van der Waals surface area (Å²) in [6.45, 7) is 4.13. The zero-order valence-corrected chi connectivity index (χ0v) is 14.0. The molecule has 0 N–H and O–H groups in total. The van der Waals surface area contributed by atoms with Crippen LogP contribution in [-0.4, -0.2) is 4.98 Å². The van der Waals surface area contributed by atoms with Crippen LogP contribution in [0.3, 0.4) is 0 Å². The Balaban J connectivity index is 1.93. The standard InChI is InChI=1S/C18H14N2S2/c1-12-3-6-14(7-4-12)17-11-21-18(20-17)15(10-19)9-16-8-5-13(2)22-16/h3-9,11H,1-2H3/b15-9+. The third-order valence-corrected chi connectivity index (χ3v) is 5.07. The van der Waals surface area contributed by atoms with E-state index in [0.717, 1.165) is 21.1 Å². The minimum atomic E-state index is 0.616. The number of benzene rings is 1. The highest BCUT2D eigenvalue weighted by Gasteiger charge is 2.09. The minimum absolute atomic E-state index is 0.616. The molecule has 0 aliphatic carbocycles. The molecule has 108 valence electrons. The fraction of sp³-hybridized carbons (Fsp3) is 0.111. The molecule has 0 aliphatic rings. The van der Waals surface area contributed by atoms with Crippen molar-refractivity contribution >= 4 is 34.3 Å². The van der Waals surface area contributed by atoms with Gasteiger partial charge in [0.15, 0.2) is 0 Å². The second-order valence-electron chi connectivity index (χ2n) is 5.02. The van der Waals surface area contributed by atoms with E-state index in [4.69, 9.17) is 0 Å². The van der Waals surface area contributed by atoms with E-state index in [1.165, 1.54) is 21.8 Å². The molecule has 0 spiro atoms. The van der Waals surface area contributed by atoms with Crippen LogP contribution in [0.5, 0.6) is 0 Å². The molecule has 2 heterocycles. The smallest absolute Gasteiger partial charge is 0.134 e. The molecule has 0 radical (unpaired) electrons. The Hall–Kier alpha value is -2.22. The van der Waals surface area contributed by atoms with Crippen LogP contribution in [0.15, 0.2) is 41.8 Å². The van der Waals surface area contributed by atoms with Gasteiger partial charge in [0.25, 0.3) is 0 Å². The SMILES string of the molecule is Cc1ccc(-c2csc(/C(C#N)=C/c3ccc(C)s3)n2)cc1. The maximum Gasteiger partial charge on any atom is 0.134 e. The van der Waals surface area contributed by atoms with Crippen LogP contribution in [0.1, 0.15) is 20.3 Å². The fourth-order valence-corrected chi connectivity index (χ4v) is 3.68. The first-order chi connectivity index (χ1) is 10.7. The molecule has 0 amide bonds. The van der Waals surface area contributed by atoms with Crippen LogP contribution < -0.4 is 0 Å². The predicted molar refractivity (Wildman–Crippen MR) is 94.8 cm³/mol. The minimum Gasteiger partial charge on any atom is -0.235 e. The number of aromatic nitrogens is 1. The summed E-state index contributed by atoms with van der Waals surface area (Å²) in [6, 6.07) is 14.6. The topological polar surface area (TPSA) is 36.7 Å². The van der Waals surface area contributed by atoms with Gasteiger partial charge in [-0.3, -0.25) is 0 Å². The number of aryl methyl sites for hydroxylation is 2. The maximum atomic E-state index is 9.42. The van der Waals surface area contributed by atoms with E-state index >= 15 is 0 Å². The molecule has 0 unspecified atom stereocenters. The van der Waals surface area contributed by atoms with Crippen molar-refractivity contribution in [3.8, 4) is 17.3 Å². The normalized spacial score (nSPS) is 11.4. The van der Waals surface area contributed by atoms with Gasteiger partial charge in [0.1, 0.15) is 11.1 Å². The molecule has 3 aromatic rings. The second-order valence-corrected chi connectivity index (χ2v) is 7.20. The van der Waals surface area contributed by atoms with Gasteiger partial charge in [-0.05, 0) is 32.1 Å². The highest BCUT2D eigenvalue weighted by molar-refractivity contribution is 7.13. The molecule has 0 saturated carbocycles. The van der Waals surface area contributed by atoms with Crippen molar-refractivity contribution in [3.63, 3.8) is 0 Å². The Morgan fingerprint density at radius 1 is 1.14 bits per heavy atom. The van der Waals surface area contributed by atoms with Gasteiger partial charge in [0.2, 0.25) is 0 Å². The van der Waals surface area contributed by atoms with E-state index in [1.54, 1.807) is 11.3 Å². The van der Waals surface area contributed by atoms with Crippen LogP contribution in [-0.2, 0) is 0 Å². The summed E-state index contributed by atoms with van der Waals surface area (Å²) >= 11 is 3.19. The van der Waals surface area contributed by atoms with Crippen molar-refractivity contribution in [1.29, 1.82) is 5.26 Å². The van der Waals surface area contributed by atoms with Gasteiger partial charge >= 0.3 is 0 Å². The molecule has 0 aliphatic heterocycles. The summed E-state index contributed by atoms with van der Waals surface area (Å²) in [5, 5.41) is 12.2. The Kier molecular flexibility index (Phi) is 4.19. The molecular formula is C18H14N2S2. The number of thiazole rings is 1.